The highest BCUT2D eigenvalue weighted by Gasteiger charge is 2.37. The van der Waals surface area contributed by atoms with Crippen molar-refractivity contribution in [2.24, 2.45) is 11.8 Å². The number of carbonyl (C=O) groups excluding carboxylic acids is 2. The molecule has 1 atom stereocenters. The van der Waals surface area contributed by atoms with Crippen LogP contribution in [0.3, 0.4) is 0 Å². The summed E-state index contributed by atoms with van der Waals surface area (Å²) in [6, 6.07) is 14.4. The van der Waals surface area contributed by atoms with E-state index >= 15 is 0 Å². The molecule has 2 aliphatic heterocycles. The first-order valence-corrected chi connectivity index (χ1v) is 11.6. The highest BCUT2D eigenvalue weighted by atomic mass is 19.1. The molecule has 2 aromatic rings. The molecule has 0 saturated carbocycles. The summed E-state index contributed by atoms with van der Waals surface area (Å²) in [5, 5.41) is 2.92. The van der Waals surface area contributed by atoms with Crippen molar-refractivity contribution >= 4 is 17.5 Å². The number of rotatable bonds is 5. The molecule has 0 aromatic heterocycles. The molecule has 32 heavy (non-hydrogen) atoms. The molecule has 0 bridgehead atoms. The van der Waals surface area contributed by atoms with Crippen LogP contribution >= 0.6 is 0 Å². The normalized spacial score (nSPS) is 19.6. The monoisotopic (exact) mass is 437 g/mol. The lowest BCUT2D eigenvalue weighted by Crippen LogP contribution is -2.48. The van der Waals surface area contributed by atoms with Gasteiger partial charge in [0.1, 0.15) is 5.82 Å². The van der Waals surface area contributed by atoms with Crippen LogP contribution < -0.4 is 5.32 Å². The maximum Gasteiger partial charge on any atom is 0.238 e. The Balaban J connectivity index is 1.34. The molecule has 1 saturated heterocycles. The second-order valence-corrected chi connectivity index (χ2v) is 9.28. The number of carbonyl (C=O) groups is 2. The Hall–Kier alpha value is -2.73. The zero-order valence-corrected chi connectivity index (χ0v) is 18.9. The lowest BCUT2D eigenvalue weighted by Gasteiger charge is -2.42. The third-order valence-electron chi connectivity index (χ3n) is 6.66. The van der Waals surface area contributed by atoms with E-state index in [0.717, 1.165) is 42.7 Å². The maximum atomic E-state index is 13.7. The molecule has 2 aliphatic rings. The average Bonchev–Trinajstić information content (AvgIpc) is 2.78. The van der Waals surface area contributed by atoms with E-state index in [1.165, 1.54) is 6.07 Å². The topological polar surface area (TPSA) is 52.7 Å². The number of anilines is 1. The van der Waals surface area contributed by atoms with E-state index in [0.29, 0.717) is 19.5 Å². The summed E-state index contributed by atoms with van der Waals surface area (Å²) >= 11 is 0. The van der Waals surface area contributed by atoms with Gasteiger partial charge in [-0.05, 0) is 73.7 Å². The fraction of sp³-hybridized carbons (Fsp3) is 0.462. The second kappa shape index (κ2) is 9.82. The number of halogens is 1. The van der Waals surface area contributed by atoms with E-state index in [9.17, 15) is 14.0 Å². The van der Waals surface area contributed by atoms with Gasteiger partial charge in [-0.2, -0.15) is 0 Å². The smallest absolute Gasteiger partial charge is 0.238 e. The maximum absolute atomic E-state index is 13.7. The Morgan fingerprint density at radius 3 is 2.47 bits per heavy atom. The first-order valence-electron chi connectivity index (χ1n) is 11.6. The Labute approximate surface area is 189 Å². The number of hydrogen-bond donors (Lipinski definition) is 1. The molecule has 170 valence electrons. The summed E-state index contributed by atoms with van der Waals surface area (Å²) in [6.45, 7) is 6.70. The average molecular weight is 438 g/mol. The van der Waals surface area contributed by atoms with E-state index in [2.05, 4.69) is 24.1 Å². The molecule has 4 rings (SSSR count). The van der Waals surface area contributed by atoms with Crippen LogP contribution in [-0.2, 0) is 16.0 Å². The van der Waals surface area contributed by atoms with Crippen molar-refractivity contribution in [1.82, 2.24) is 9.80 Å². The van der Waals surface area contributed by atoms with Gasteiger partial charge in [-0.25, -0.2) is 4.39 Å². The summed E-state index contributed by atoms with van der Waals surface area (Å²) in [4.78, 5) is 30.0. The van der Waals surface area contributed by atoms with Gasteiger partial charge in [0.15, 0.2) is 0 Å². The zero-order valence-electron chi connectivity index (χ0n) is 18.9. The summed E-state index contributed by atoms with van der Waals surface area (Å²) < 4.78 is 13.7. The van der Waals surface area contributed by atoms with Gasteiger partial charge in [-0.15, -0.1) is 0 Å². The molecule has 1 N–H and O–H groups in total. The SMILES string of the molecule is CC(C)C1c2ccc(F)cc2CCN1C(=O)C1CCN(CC(=O)Nc2ccccc2)CC1. The van der Waals surface area contributed by atoms with Crippen molar-refractivity contribution in [3.63, 3.8) is 0 Å². The van der Waals surface area contributed by atoms with Crippen molar-refractivity contribution < 1.29 is 14.0 Å². The van der Waals surface area contributed by atoms with Crippen molar-refractivity contribution in [3.05, 3.63) is 65.5 Å². The standard InChI is InChI=1S/C26H32FN3O2/c1-18(2)25-23-9-8-21(27)16-20(23)12-15-30(25)26(32)19-10-13-29(14-11-19)17-24(31)28-22-6-4-3-5-7-22/h3-9,16,18-19,25H,10-15,17H2,1-2H3,(H,28,31). The number of hydrogen-bond acceptors (Lipinski definition) is 3. The molecule has 2 heterocycles. The third-order valence-corrected chi connectivity index (χ3v) is 6.66. The molecule has 1 fully saturated rings. The molecule has 6 heteroatoms. The van der Waals surface area contributed by atoms with Gasteiger partial charge in [-0.3, -0.25) is 14.5 Å². The van der Waals surface area contributed by atoms with Crippen LogP contribution in [-0.4, -0.2) is 47.8 Å². The van der Waals surface area contributed by atoms with E-state index in [1.54, 1.807) is 6.07 Å². The molecule has 0 aliphatic carbocycles. The molecule has 5 nitrogen and oxygen atoms in total. The number of para-hydroxylation sites is 1. The van der Waals surface area contributed by atoms with Crippen LogP contribution in [0.5, 0.6) is 0 Å². The quantitative estimate of drug-likeness (QED) is 0.761. The Kier molecular flexibility index (Phi) is 6.89. The van der Waals surface area contributed by atoms with Crippen LogP contribution in [0.1, 0.15) is 43.9 Å². The molecule has 2 aromatic carbocycles. The first kappa shape index (κ1) is 22.5. The summed E-state index contributed by atoms with van der Waals surface area (Å²) in [5.74, 6) is 0.194. The Bertz CT molecular complexity index is 955. The van der Waals surface area contributed by atoms with Crippen LogP contribution in [0.25, 0.3) is 0 Å². The lowest BCUT2D eigenvalue weighted by molar-refractivity contribution is -0.141. The van der Waals surface area contributed by atoms with Gasteiger partial charge in [0.2, 0.25) is 11.8 Å². The van der Waals surface area contributed by atoms with Gasteiger partial charge >= 0.3 is 0 Å². The highest BCUT2D eigenvalue weighted by molar-refractivity contribution is 5.92. The van der Waals surface area contributed by atoms with E-state index in [-0.39, 0.29) is 35.5 Å². The minimum atomic E-state index is -0.213. The fourth-order valence-electron chi connectivity index (χ4n) is 5.09. The highest BCUT2D eigenvalue weighted by Crippen LogP contribution is 2.37. The summed E-state index contributed by atoms with van der Waals surface area (Å²) in [7, 11) is 0. The summed E-state index contributed by atoms with van der Waals surface area (Å²) in [6.07, 6.45) is 2.21. The van der Waals surface area contributed by atoms with E-state index < -0.39 is 0 Å². The predicted octanol–water partition coefficient (Wildman–Crippen LogP) is 4.26. The number of amides is 2. The number of benzene rings is 2. The van der Waals surface area contributed by atoms with Crippen molar-refractivity contribution in [3.8, 4) is 0 Å². The zero-order chi connectivity index (χ0) is 22.7. The summed E-state index contributed by atoms with van der Waals surface area (Å²) in [5.41, 5.74) is 2.90. The van der Waals surface area contributed by atoms with Crippen molar-refractivity contribution in [2.45, 2.75) is 39.2 Å². The minimum Gasteiger partial charge on any atom is -0.335 e. The van der Waals surface area contributed by atoms with Crippen molar-refractivity contribution in [2.75, 3.05) is 31.5 Å². The van der Waals surface area contributed by atoms with Crippen molar-refractivity contribution in [1.29, 1.82) is 0 Å². The van der Waals surface area contributed by atoms with Gasteiger partial charge in [0.25, 0.3) is 0 Å². The number of likely N-dealkylation sites (tertiary alicyclic amines) is 1. The number of nitrogens with one attached hydrogen (secondary N) is 1. The third kappa shape index (κ3) is 5.01. The van der Waals surface area contributed by atoms with Gasteiger partial charge in [-0.1, -0.05) is 38.1 Å². The van der Waals surface area contributed by atoms with Crippen LogP contribution in [0.2, 0.25) is 0 Å². The van der Waals surface area contributed by atoms with E-state index in [4.69, 9.17) is 0 Å². The second-order valence-electron chi connectivity index (χ2n) is 9.28. The molecule has 1 unspecified atom stereocenters. The number of fused-ring (bicyclic) bond motifs is 1. The first-order chi connectivity index (χ1) is 15.4. The van der Waals surface area contributed by atoms with Gasteiger partial charge in [0, 0.05) is 18.2 Å². The van der Waals surface area contributed by atoms with Crippen LogP contribution in [0.15, 0.2) is 48.5 Å². The molecule has 0 spiro atoms. The number of piperidine rings is 1. The fourth-order valence-corrected chi connectivity index (χ4v) is 5.09. The largest absolute Gasteiger partial charge is 0.335 e. The molecular formula is C26H32FN3O2. The van der Waals surface area contributed by atoms with Crippen LogP contribution in [0.4, 0.5) is 10.1 Å². The van der Waals surface area contributed by atoms with Gasteiger partial charge in [0.05, 0.1) is 12.6 Å². The van der Waals surface area contributed by atoms with Gasteiger partial charge < -0.3 is 10.2 Å². The number of nitrogens with zero attached hydrogens (tertiary/aromatic N) is 2. The molecular weight excluding hydrogens is 405 g/mol. The lowest BCUT2D eigenvalue weighted by atomic mass is 9.84. The minimum absolute atomic E-state index is 0.0125. The molecule has 0 radical (unpaired) electrons. The molecule has 2 amide bonds. The predicted molar refractivity (Wildman–Crippen MR) is 124 cm³/mol. The van der Waals surface area contributed by atoms with Crippen LogP contribution in [0, 0.1) is 17.7 Å². The Morgan fingerprint density at radius 2 is 1.78 bits per heavy atom. The Morgan fingerprint density at radius 1 is 1.06 bits per heavy atom. The van der Waals surface area contributed by atoms with E-state index in [1.807, 2.05) is 41.3 Å².